The van der Waals surface area contributed by atoms with Crippen LogP contribution < -0.4 is 5.32 Å². The third kappa shape index (κ3) is 9.01. The molecule has 0 saturated heterocycles. The highest BCUT2D eigenvalue weighted by Crippen LogP contribution is 2.02. The van der Waals surface area contributed by atoms with Crippen LogP contribution in [0.2, 0.25) is 0 Å². The molecule has 0 aromatic carbocycles. The van der Waals surface area contributed by atoms with Crippen LogP contribution >= 0.6 is 0 Å². The maximum Gasteiger partial charge on any atom is 0.484 e. The third-order valence-corrected chi connectivity index (χ3v) is 3.74. The van der Waals surface area contributed by atoms with Gasteiger partial charge in [0.25, 0.3) is 0 Å². The zero-order valence-electron chi connectivity index (χ0n) is 10.4. The van der Waals surface area contributed by atoms with E-state index in [-0.39, 0.29) is 0 Å². The smallest absolute Gasteiger partial charge is 0.376 e. The first-order valence-corrected chi connectivity index (χ1v) is 7.15. The molecule has 15 heavy (non-hydrogen) atoms. The molecule has 1 unspecified atom stereocenters. The Labute approximate surface area is 95.3 Å². The van der Waals surface area contributed by atoms with Crippen LogP contribution in [0.1, 0.15) is 27.2 Å². The Kier molecular flexibility index (Phi) is 10.6. The highest BCUT2D eigenvalue weighted by atomic mass is 28.3. The first-order chi connectivity index (χ1) is 7.24. The largest absolute Gasteiger partial charge is 0.484 e. The first kappa shape index (κ1) is 15.1. The molecule has 92 valence electrons. The van der Waals surface area contributed by atoms with E-state index in [1.807, 2.05) is 20.9 Å². The van der Waals surface area contributed by atoms with Gasteiger partial charge in [0.1, 0.15) is 0 Å². The van der Waals surface area contributed by atoms with Crippen molar-refractivity contribution >= 4 is 9.53 Å². The summed E-state index contributed by atoms with van der Waals surface area (Å²) < 4.78 is 16.4. The van der Waals surface area contributed by atoms with Gasteiger partial charge in [-0.25, -0.2) is 0 Å². The first-order valence-electron chi connectivity index (χ1n) is 5.73. The number of hydrogen-bond acceptors (Lipinski definition) is 4. The van der Waals surface area contributed by atoms with E-state index in [1.54, 1.807) is 0 Å². The van der Waals surface area contributed by atoms with E-state index in [0.29, 0.717) is 19.1 Å². The average molecular weight is 235 g/mol. The molecule has 4 nitrogen and oxygen atoms in total. The zero-order valence-corrected chi connectivity index (χ0v) is 11.6. The third-order valence-electron chi connectivity index (χ3n) is 2.02. The van der Waals surface area contributed by atoms with Crippen LogP contribution in [0.5, 0.6) is 0 Å². The van der Waals surface area contributed by atoms with Crippen LogP contribution in [0.3, 0.4) is 0 Å². The number of nitrogens with one attached hydrogen (secondary N) is 1. The van der Waals surface area contributed by atoms with Crippen molar-refractivity contribution in [2.24, 2.45) is 5.92 Å². The molecular formula is C10H25NO3Si. The quantitative estimate of drug-likeness (QED) is 0.574. The maximum absolute atomic E-state index is 5.61. The normalized spacial score (nSPS) is 13.4. The summed E-state index contributed by atoms with van der Waals surface area (Å²) in [7, 11) is 0.135. The Morgan fingerprint density at radius 1 is 1.13 bits per heavy atom. The summed E-state index contributed by atoms with van der Waals surface area (Å²) in [5, 5.41) is 3.15. The molecule has 5 heteroatoms. The van der Waals surface area contributed by atoms with E-state index in [9.17, 15) is 0 Å². The molecule has 0 bridgehead atoms. The fraction of sp³-hybridized carbons (Fsp3) is 1.00. The molecule has 1 atom stereocenters. The summed E-state index contributed by atoms with van der Waals surface area (Å²) in [5.41, 5.74) is 0. The van der Waals surface area contributed by atoms with Gasteiger partial charge in [-0.15, -0.1) is 0 Å². The van der Waals surface area contributed by atoms with E-state index in [2.05, 4.69) is 12.2 Å². The molecule has 1 N–H and O–H groups in total. The van der Waals surface area contributed by atoms with Gasteiger partial charge in [0.15, 0.2) is 0 Å². The minimum absolute atomic E-state index is 0.632. The van der Waals surface area contributed by atoms with Gasteiger partial charge in [0.05, 0.1) is 0 Å². The Morgan fingerprint density at radius 3 is 2.20 bits per heavy atom. The molecule has 0 fully saturated rings. The van der Waals surface area contributed by atoms with Crippen molar-refractivity contribution in [1.82, 2.24) is 5.32 Å². The SMILES string of the molecule is CCO[SiH](OCC)OCCC(C)CNC. The van der Waals surface area contributed by atoms with Crippen molar-refractivity contribution in [3.8, 4) is 0 Å². The lowest BCUT2D eigenvalue weighted by molar-refractivity contribution is 0.0973. The van der Waals surface area contributed by atoms with E-state index >= 15 is 0 Å². The van der Waals surface area contributed by atoms with E-state index in [1.165, 1.54) is 0 Å². The van der Waals surface area contributed by atoms with Crippen LogP contribution in [0.25, 0.3) is 0 Å². The van der Waals surface area contributed by atoms with E-state index in [0.717, 1.165) is 19.6 Å². The van der Waals surface area contributed by atoms with Gasteiger partial charge >= 0.3 is 9.53 Å². The van der Waals surface area contributed by atoms with Crippen LogP contribution in [0, 0.1) is 5.92 Å². The fourth-order valence-corrected chi connectivity index (χ4v) is 2.39. The Hall–Kier alpha value is 0.0569. The molecule has 0 heterocycles. The van der Waals surface area contributed by atoms with Gasteiger partial charge < -0.3 is 18.6 Å². The molecule has 0 aliphatic heterocycles. The Bertz CT molecular complexity index is 132. The maximum atomic E-state index is 5.61. The van der Waals surface area contributed by atoms with Gasteiger partial charge in [-0.1, -0.05) is 6.92 Å². The summed E-state index contributed by atoms with van der Waals surface area (Å²) in [6.45, 7) is 9.24. The predicted octanol–water partition coefficient (Wildman–Crippen LogP) is 1.04. The lowest BCUT2D eigenvalue weighted by Gasteiger charge is -2.16. The van der Waals surface area contributed by atoms with Crippen LogP contribution in [0.15, 0.2) is 0 Å². The lowest BCUT2D eigenvalue weighted by atomic mass is 10.1. The number of rotatable bonds is 10. The molecule has 0 saturated carbocycles. The Morgan fingerprint density at radius 2 is 1.73 bits per heavy atom. The van der Waals surface area contributed by atoms with Crippen LogP contribution in [-0.2, 0) is 13.3 Å². The summed E-state index contributed by atoms with van der Waals surface area (Å²) in [6, 6.07) is 0. The van der Waals surface area contributed by atoms with Gasteiger partial charge in [-0.3, -0.25) is 0 Å². The van der Waals surface area contributed by atoms with Crippen molar-refractivity contribution in [2.75, 3.05) is 33.4 Å². The van der Waals surface area contributed by atoms with Gasteiger partial charge in [0.2, 0.25) is 0 Å². The van der Waals surface area contributed by atoms with Crippen molar-refractivity contribution in [1.29, 1.82) is 0 Å². The van der Waals surface area contributed by atoms with Crippen LogP contribution in [0.4, 0.5) is 0 Å². The van der Waals surface area contributed by atoms with Crippen molar-refractivity contribution in [2.45, 2.75) is 27.2 Å². The minimum Gasteiger partial charge on any atom is -0.376 e. The molecule has 0 amide bonds. The predicted molar refractivity (Wildman–Crippen MR) is 64.1 cm³/mol. The monoisotopic (exact) mass is 235 g/mol. The average Bonchev–Trinajstić information content (AvgIpc) is 2.19. The van der Waals surface area contributed by atoms with Crippen LogP contribution in [-0.4, -0.2) is 42.9 Å². The second-order valence-corrected chi connectivity index (χ2v) is 5.10. The standard InChI is InChI=1S/C10H25NO3Si/c1-5-12-15(13-6-2)14-8-7-10(3)9-11-4/h10-11,15H,5-9H2,1-4H3. The van der Waals surface area contributed by atoms with Crippen molar-refractivity contribution < 1.29 is 13.3 Å². The second-order valence-electron chi connectivity index (χ2n) is 3.52. The number of hydrogen-bond donors (Lipinski definition) is 1. The summed E-state index contributed by atoms with van der Waals surface area (Å²) in [5.74, 6) is 0.632. The van der Waals surface area contributed by atoms with Crippen molar-refractivity contribution in [3.63, 3.8) is 0 Å². The minimum atomic E-state index is -1.83. The van der Waals surface area contributed by atoms with Gasteiger partial charge in [0, 0.05) is 19.8 Å². The summed E-state index contributed by atoms with van der Waals surface area (Å²) in [6.07, 6.45) is 1.05. The zero-order chi connectivity index (χ0) is 11.5. The topological polar surface area (TPSA) is 39.7 Å². The summed E-state index contributed by atoms with van der Waals surface area (Å²) in [4.78, 5) is 0. The van der Waals surface area contributed by atoms with Gasteiger partial charge in [-0.2, -0.15) is 0 Å². The van der Waals surface area contributed by atoms with Crippen molar-refractivity contribution in [3.05, 3.63) is 0 Å². The van der Waals surface area contributed by atoms with E-state index in [4.69, 9.17) is 13.3 Å². The van der Waals surface area contributed by atoms with Gasteiger partial charge in [-0.05, 0) is 39.8 Å². The molecule has 0 radical (unpaired) electrons. The molecule has 0 aliphatic carbocycles. The lowest BCUT2D eigenvalue weighted by Crippen LogP contribution is -2.28. The fourth-order valence-electron chi connectivity index (χ4n) is 1.23. The highest BCUT2D eigenvalue weighted by molar-refractivity contribution is 6.36. The molecule has 0 rings (SSSR count). The molecular weight excluding hydrogens is 210 g/mol. The molecule has 0 aliphatic rings. The molecule has 0 spiro atoms. The second kappa shape index (κ2) is 10.6. The highest BCUT2D eigenvalue weighted by Gasteiger charge is 2.13. The molecule has 0 aromatic rings. The van der Waals surface area contributed by atoms with E-state index < -0.39 is 9.53 Å². The Balaban J connectivity index is 3.51. The summed E-state index contributed by atoms with van der Waals surface area (Å²) >= 11 is 0. The molecule has 0 aromatic heterocycles.